The molecule has 1 atom stereocenters. The van der Waals surface area contributed by atoms with Gasteiger partial charge in [-0.25, -0.2) is 0 Å². The lowest BCUT2D eigenvalue weighted by Crippen LogP contribution is -2.19. The van der Waals surface area contributed by atoms with Crippen molar-refractivity contribution >= 4 is 35.4 Å². The standard InChI is InChI=1S/C21H18N8O2/c22-10-16(12-4-2-1-3-5-12)25-20-27-18-14(8-13-9-17(30)26-19(13)31)11-23-29(18)21(28-20)24-15-6-7-15/h1-5,8,11,15-16H,6-7,9H2,(H,26,30,31)(H2,24,25,27,28)/b13-8+. The number of rotatable bonds is 6. The zero-order chi connectivity index (χ0) is 21.4. The lowest BCUT2D eigenvalue weighted by Gasteiger charge is -2.14. The number of benzene rings is 1. The molecule has 2 fully saturated rings. The van der Waals surface area contributed by atoms with Crippen molar-refractivity contribution in [3.63, 3.8) is 0 Å². The third-order valence-electron chi connectivity index (χ3n) is 5.07. The van der Waals surface area contributed by atoms with Crippen LogP contribution in [-0.2, 0) is 9.59 Å². The molecule has 1 saturated carbocycles. The van der Waals surface area contributed by atoms with E-state index in [1.165, 1.54) is 0 Å². The molecule has 3 aromatic rings. The third-order valence-corrected chi connectivity index (χ3v) is 5.07. The van der Waals surface area contributed by atoms with Gasteiger partial charge in [-0.05, 0) is 24.5 Å². The van der Waals surface area contributed by atoms with E-state index in [-0.39, 0.29) is 18.3 Å². The van der Waals surface area contributed by atoms with Gasteiger partial charge in [-0.2, -0.15) is 24.8 Å². The van der Waals surface area contributed by atoms with Crippen molar-refractivity contribution in [1.82, 2.24) is 24.9 Å². The Kier molecular flexibility index (Phi) is 4.55. The van der Waals surface area contributed by atoms with E-state index in [4.69, 9.17) is 0 Å². The van der Waals surface area contributed by atoms with Crippen LogP contribution in [0.15, 0.2) is 42.1 Å². The molecule has 0 radical (unpaired) electrons. The van der Waals surface area contributed by atoms with Gasteiger partial charge in [0.15, 0.2) is 5.65 Å². The molecule has 154 valence electrons. The van der Waals surface area contributed by atoms with Crippen LogP contribution in [0.5, 0.6) is 0 Å². The van der Waals surface area contributed by atoms with E-state index in [1.54, 1.807) is 16.8 Å². The van der Waals surface area contributed by atoms with Crippen LogP contribution in [0.4, 0.5) is 11.9 Å². The molecule has 31 heavy (non-hydrogen) atoms. The van der Waals surface area contributed by atoms with Crippen LogP contribution in [0.1, 0.15) is 36.4 Å². The topological polar surface area (TPSA) is 137 Å². The van der Waals surface area contributed by atoms with Crippen LogP contribution in [0, 0.1) is 11.3 Å². The second kappa shape index (κ2) is 7.53. The van der Waals surface area contributed by atoms with Crippen LogP contribution >= 0.6 is 0 Å². The summed E-state index contributed by atoms with van der Waals surface area (Å²) in [6.07, 6.45) is 5.29. The first-order valence-corrected chi connectivity index (χ1v) is 9.89. The number of carbonyl (C=O) groups is 2. The van der Waals surface area contributed by atoms with Gasteiger partial charge in [-0.15, -0.1) is 0 Å². The first-order valence-electron chi connectivity index (χ1n) is 9.89. The highest BCUT2D eigenvalue weighted by Gasteiger charge is 2.26. The lowest BCUT2D eigenvalue weighted by molar-refractivity contribution is -0.124. The number of hydrogen-bond donors (Lipinski definition) is 3. The quantitative estimate of drug-likeness (QED) is 0.410. The third kappa shape index (κ3) is 3.81. The zero-order valence-electron chi connectivity index (χ0n) is 16.4. The van der Waals surface area contributed by atoms with E-state index in [0.29, 0.717) is 28.8 Å². The normalized spacial score (nSPS) is 18.1. The van der Waals surface area contributed by atoms with Crippen molar-refractivity contribution in [2.75, 3.05) is 10.6 Å². The number of nitrogens with zero attached hydrogens (tertiary/aromatic N) is 5. The van der Waals surface area contributed by atoms with E-state index >= 15 is 0 Å². The number of hydrogen-bond acceptors (Lipinski definition) is 8. The molecule has 2 aromatic heterocycles. The maximum atomic E-state index is 12.0. The highest BCUT2D eigenvalue weighted by molar-refractivity contribution is 6.15. The molecule has 1 unspecified atom stereocenters. The van der Waals surface area contributed by atoms with E-state index in [0.717, 1.165) is 18.4 Å². The molecule has 3 N–H and O–H groups in total. The van der Waals surface area contributed by atoms with E-state index in [9.17, 15) is 14.9 Å². The SMILES string of the molecule is N#CC(Nc1nc(NC2CC2)n2ncc(/C=C3\CC(=O)NC3=O)c2n1)c1ccccc1. The lowest BCUT2D eigenvalue weighted by atomic mass is 10.1. The Bertz CT molecular complexity index is 1250. The summed E-state index contributed by atoms with van der Waals surface area (Å²) in [7, 11) is 0. The van der Waals surface area contributed by atoms with Crippen molar-refractivity contribution in [3.05, 3.63) is 53.2 Å². The minimum atomic E-state index is -0.639. The number of aromatic nitrogens is 4. The monoisotopic (exact) mass is 414 g/mol. The second-order valence-electron chi connectivity index (χ2n) is 7.47. The zero-order valence-corrected chi connectivity index (χ0v) is 16.4. The molecule has 2 aliphatic rings. The first kappa shape index (κ1) is 18.7. The summed E-state index contributed by atoms with van der Waals surface area (Å²) in [4.78, 5) is 32.5. The van der Waals surface area contributed by atoms with Crippen LogP contribution < -0.4 is 16.0 Å². The molecule has 1 aromatic carbocycles. The Labute approximate surface area is 177 Å². The highest BCUT2D eigenvalue weighted by Crippen LogP contribution is 2.27. The molecule has 10 nitrogen and oxygen atoms in total. The number of carbonyl (C=O) groups excluding carboxylic acids is 2. The molecule has 1 aliphatic heterocycles. The number of fused-ring (bicyclic) bond motifs is 1. The van der Waals surface area contributed by atoms with Crippen LogP contribution in [-0.4, -0.2) is 37.4 Å². The fraction of sp³-hybridized carbons (Fsp3) is 0.238. The predicted molar refractivity (Wildman–Crippen MR) is 112 cm³/mol. The maximum absolute atomic E-state index is 12.0. The average molecular weight is 414 g/mol. The number of imide groups is 1. The molecule has 10 heteroatoms. The Hall–Kier alpha value is -4.26. The van der Waals surface area contributed by atoms with E-state index in [1.807, 2.05) is 30.3 Å². The minimum Gasteiger partial charge on any atom is -0.351 e. The van der Waals surface area contributed by atoms with Crippen molar-refractivity contribution < 1.29 is 9.59 Å². The number of amides is 2. The van der Waals surface area contributed by atoms with Gasteiger partial charge in [0.1, 0.15) is 6.04 Å². The van der Waals surface area contributed by atoms with Crippen molar-refractivity contribution in [2.45, 2.75) is 31.3 Å². The molecule has 3 heterocycles. The largest absolute Gasteiger partial charge is 0.351 e. The summed E-state index contributed by atoms with van der Waals surface area (Å²) < 4.78 is 1.56. The Balaban J connectivity index is 1.55. The van der Waals surface area contributed by atoms with Gasteiger partial charge in [0.2, 0.25) is 17.8 Å². The Morgan fingerprint density at radius 2 is 2.03 bits per heavy atom. The van der Waals surface area contributed by atoms with E-state index < -0.39 is 11.9 Å². The first-order chi connectivity index (χ1) is 15.1. The van der Waals surface area contributed by atoms with Gasteiger partial charge in [0, 0.05) is 17.2 Å². The summed E-state index contributed by atoms with van der Waals surface area (Å²) >= 11 is 0. The fourth-order valence-electron chi connectivity index (χ4n) is 3.34. The van der Waals surface area contributed by atoms with Crippen LogP contribution in [0.3, 0.4) is 0 Å². The summed E-state index contributed by atoms with van der Waals surface area (Å²) in [5.74, 6) is 0.0109. The van der Waals surface area contributed by atoms with Crippen LogP contribution in [0.2, 0.25) is 0 Å². The van der Waals surface area contributed by atoms with E-state index in [2.05, 4.69) is 37.1 Å². The highest BCUT2D eigenvalue weighted by atomic mass is 16.2. The second-order valence-corrected chi connectivity index (χ2v) is 7.47. The minimum absolute atomic E-state index is 0.0179. The van der Waals surface area contributed by atoms with Crippen LogP contribution in [0.25, 0.3) is 11.7 Å². The van der Waals surface area contributed by atoms with Crippen molar-refractivity contribution in [2.24, 2.45) is 0 Å². The average Bonchev–Trinajstić information content (AvgIpc) is 3.41. The molecule has 5 rings (SSSR count). The number of anilines is 2. The Morgan fingerprint density at radius 3 is 2.71 bits per heavy atom. The van der Waals surface area contributed by atoms with Crippen molar-refractivity contribution in [3.8, 4) is 6.07 Å². The van der Waals surface area contributed by atoms with Gasteiger partial charge in [0.25, 0.3) is 5.91 Å². The summed E-state index contributed by atoms with van der Waals surface area (Å²) in [5, 5.41) is 22.7. The molecular weight excluding hydrogens is 396 g/mol. The molecule has 1 saturated heterocycles. The predicted octanol–water partition coefficient (Wildman–Crippen LogP) is 1.81. The molecular formula is C21H18N8O2. The number of nitrogens with one attached hydrogen (secondary N) is 3. The van der Waals surface area contributed by atoms with Gasteiger partial charge >= 0.3 is 0 Å². The number of nitriles is 1. The molecule has 2 amide bonds. The Morgan fingerprint density at radius 1 is 1.23 bits per heavy atom. The summed E-state index contributed by atoms with van der Waals surface area (Å²) in [5.41, 5.74) is 2.19. The maximum Gasteiger partial charge on any atom is 0.254 e. The van der Waals surface area contributed by atoms with Gasteiger partial charge in [-0.1, -0.05) is 30.3 Å². The molecule has 1 aliphatic carbocycles. The molecule has 0 spiro atoms. The summed E-state index contributed by atoms with van der Waals surface area (Å²) in [6.45, 7) is 0. The smallest absolute Gasteiger partial charge is 0.254 e. The van der Waals surface area contributed by atoms with Gasteiger partial charge < -0.3 is 10.6 Å². The summed E-state index contributed by atoms with van der Waals surface area (Å²) in [6, 6.07) is 11.2. The fourth-order valence-corrected chi connectivity index (χ4v) is 3.34. The van der Waals surface area contributed by atoms with Gasteiger partial charge in [-0.3, -0.25) is 14.9 Å². The van der Waals surface area contributed by atoms with Crippen molar-refractivity contribution in [1.29, 1.82) is 5.26 Å². The van der Waals surface area contributed by atoms with Gasteiger partial charge in [0.05, 0.1) is 18.7 Å². The molecule has 0 bridgehead atoms.